The van der Waals surface area contributed by atoms with Crippen LogP contribution in [0.5, 0.6) is 5.75 Å². The van der Waals surface area contributed by atoms with Crippen molar-refractivity contribution in [2.24, 2.45) is 0 Å². The van der Waals surface area contributed by atoms with Crippen LogP contribution in [0.2, 0.25) is 5.02 Å². The molecule has 2 aromatic rings. The summed E-state index contributed by atoms with van der Waals surface area (Å²) in [5.74, 6) is 0.595. The van der Waals surface area contributed by atoms with Gasteiger partial charge in [0.25, 0.3) is 5.91 Å². The fraction of sp³-hybridized carbons (Fsp3) is 0.375. The monoisotopic (exact) mass is 429 g/mol. The number of anilines is 1. The minimum absolute atomic E-state index is 0.0115. The Hall–Kier alpha value is -2.34. The van der Waals surface area contributed by atoms with Gasteiger partial charge in [-0.3, -0.25) is 4.79 Å². The summed E-state index contributed by atoms with van der Waals surface area (Å²) in [7, 11) is 1.58. The second-order valence-corrected chi connectivity index (χ2v) is 8.35. The molecule has 2 aromatic carbocycles. The summed E-state index contributed by atoms with van der Waals surface area (Å²) in [5.41, 5.74) is 2.82. The number of methoxy groups -OCH3 is 1. The lowest BCUT2D eigenvalue weighted by molar-refractivity contribution is -1.02. The first-order valence-corrected chi connectivity index (χ1v) is 10.9. The van der Waals surface area contributed by atoms with Crippen LogP contribution in [0.1, 0.15) is 18.1 Å². The Labute approximate surface area is 184 Å². The van der Waals surface area contributed by atoms with Gasteiger partial charge in [0.05, 0.1) is 19.3 Å². The van der Waals surface area contributed by atoms with Gasteiger partial charge in [0, 0.05) is 11.1 Å². The molecule has 0 bridgehead atoms. The average molecular weight is 430 g/mol. The number of nitrogens with one attached hydrogen (secondary N) is 3. The van der Waals surface area contributed by atoms with E-state index in [9.17, 15) is 4.79 Å². The number of hydrogen-bond donors (Lipinski definition) is 3. The van der Waals surface area contributed by atoms with E-state index >= 15 is 0 Å². The summed E-state index contributed by atoms with van der Waals surface area (Å²) in [4.78, 5) is 15.7. The third-order valence-electron chi connectivity index (χ3n) is 5.86. The number of aryl methyl sites for hydroxylation is 1. The smallest absolute Gasteiger partial charge is 0.282 e. The summed E-state index contributed by atoms with van der Waals surface area (Å²) < 4.78 is 5.38. The van der Waals surface area contributed by atoms with Gasteiger partial charge in [0.15, 0.2) is 6.04 Å². The maximum atomic E-state index is 12.8. The molecule has 3 rings (SSSR count). The van der Waals surface area contributed by atoms with E-state index in [0.717, 1.165) is 38.3 Å². The van der Waals surface area contributed by atoms with E-state index in [1.165, 1.54) is 10.5 Å². The fourth-order valence-corrected chi connectivity index (χ4v) is 4.00. The predicted molar refractivity (Wildman–Crippen MR) is 123 cm³/mol. The zero-order valence-corrected chi connectivity index (χ0v) is 18.8. The number of piperazine rings is 1. The van der Waals surface area contributed by atoms with Crippen LogP contribution in [0, 0.1) is 6.92 Å². The molecule has 1 atom stereocenters. The van der Waals surface area contributed by atoms with Crippen LogP contribution in [0.25, 0.3) is 6.08 Å². The van der Waals surface area contributed by atoms with Crippen LogP contribution in [0.15, 0.2) is 48.5 Å². The van der Waals surface area contributed by atoms with Gasteiger partial charge in [-0.05, 0) is 37.1 Å². The summed E-state index contributed by atoms with van der Waals surface area (Å²) in [6.07, 6.45) is 4.44. The number of halogens is 1. The molecule has 160 valence electrons. The Morgan fingerprint density at radius 1 is 1.20 bits per heavy atom. The van der Waals surface area contributed by atoms with Gasteiger partial charge >= 0.3 is 0 Å². The van der Waals surface area contributed by atoms with Gasteiger partial charge in [-0.25, -0.2) is 0 Å². The van der Waals surface area contributed by atoms with Crippen LogP contribution >= 0.6 is 11.6 Å². The van der Waals surface area contributed by atoms with Crippen molar-refractivity contribution in [1.29, 1.82) is 0 Å². The molecule has 30 heavy (non-hydrogen) atoms. The Bertz CT molecular complexity index is 878. The molecule has 0 saturated carbocycles. The number of amides is 1. The molecular formula is C24H32ClN3O2+2. The second-order valence-electron chi connectivity index (χ2n) is 7.94. The first kappa shape index (κ1) is 22.3. The normalized spacial score (nSPS) is 20.1. The largest absolute Gasteiger partial charge is 0.495 e. The fourth-order valence-electron chi connectivity index (χ4n) is 3.84. The number of carbonyl (C=O) groups excluding carboxylic acids is 1. The van der Waals surface area contributed by atoms with Crippen LogP contribution in [0.4, 0.5) is 5.69 Å². The van der Waals surface area contributed by atoms with E-state index in [4.69, 9.17) is 16.3 Å². The minimum Gasteiger partial charge on any atom is -0.495 e. The molecule has 1 aliphatic heterocycles. The van der Waals surface area contributed by atoms with Crippen molar-refractivity contribution in [3.8, 4) is 5.75 Å². The lowest BCUT2D eigenvalue weighted by Gasteiger charge is -2.32. The van der Waals surface area contributed by atoms with E-state index in [0.29, 0.717) is 16.5 Å². The van der Waals surface area contributed by atoms with Crippen LogP contribution in [-0.2, 0) is 4.79 Å². The van der Waals surface area contributed by atoms with Crippen molar-refractivity contribution in [2.75, 3.05) is 45.2 Å². The Kier molecular flexibility index (Phi) is 7.91. The Morgan fingerprint density at radius 3 is 2.57 bits per heavy atom. The number of carbonyl (C=O) groups is 1. The molecule has 1 fully saturated rings. The molecule has 0 aliphatic carbocycles. The average Bonchev–Trinajstić information content (AvgIpc) is 2.76. The summed E-state index contributed by atoms with van der Waals surface area (Å²) in [6, 6.07) is 13.9. The summed E-state index contributed by atoms with van der Waals surface area (Å²) in [5, 5.41) is 3.66. The number of quaternary nitrogens is 2. The van der Waals surface area contributed by atoms with Gasteiger partial charge in [-0.1, -0.05) is 48.0 Å². The molecule has 1 aliphatic rings. The van der Waals surface area contributed by atoms with Gasteiger partial charge in [0.1, 0.15) is 31.9 Å². The third kappa shape index (κ3) is 5.85. The quantitative estimate of drug-likeness (QED) is 0.624. The van der Waals surface area contributed by atoms with E-state index in [-0.39, 0.29) is 11.9 Å². The Morgan fingerprint density at radius 2 is 1.90 bits per heavy atom. The molecule has 0 unspecified atom stereocenters. The molecule has 5 nitrogen and oxygen atoms in total. The maximum Gasteiger partial charge on any atom is 0.282 e. The lowest BCUT2D eigenvalue weighted by atomic mass is 10.1. The number of hydrogen-bond acceptors (Lipinski definition) is 2. The molecule has 3 N–H and O–H groups in total. The van der Waals surface area contributed by atoms with Crippen LogP contribution in [-0.4, -0.2) is 51.8 Å². The van der Waals surface area contributed by atoms with E-state index in [1.54, 1.807) is 18.1 Å². The molecule has 1 saturated heterocycles. The first-order valence-electron chi connectivity index (χ1n) is 10.5. The van der Waals surface area contributed by atoms with Crippen LogP contribution in [0.3, 0.4) is 0 Å². The van der Waals surface area contributed by atoms with Crippen molar-refractivity contribution in [3.05, 3.63) is 64.7 Å². The topological polar surface area (TPSA) is 47.2 Å². The third-order valence-corrected chi connectivity index (χ3v) is 6.27. The van der Waals surface area contributed by atoms with Gasteiger partial charge in [-0.15, -0.1) is 0 Å². The maximum absolute atomic E-state index is 12.8. The van der Waals surface area contributed by atoms with Crippen molar-refractivity contribution in [2.45, 2.75) is 19.9 Å². The molecule has 1 amide bonds. The molecular weight excluding hydrogens is 398 g/mol. The summed E-state index contributed by atoms with van der Waals surface area (Å²) >= 11 is 6.17. The zero-order chi connectivity index (χ0) is 21.5. The van der Waals surface area contributed by atoms with Crippen molar-refractivity contribution < 1.29 is 19.3 Å². The van der Waals surface area contributed by atoms with E-state index in [2.05, 4.69) is 41.7 Å². The standard InChI is InChI=1S/C24H30ClN3O2/c1-18-16-22(23(30-3)17-21(18)25)26-24(29)19(2)28-14-12-27(13-15-28)11-7-10-20-8-5-4-6-9-20/h4-10,16-17,19H,11-15H2,1-3H3,(H,26,29)/p+2/b10-7+/t19-/m0/s1. The van der Waals surface area contributed by atoms with Crippen molar-refractivity contribution in [3.63, 3.8) is 0 Å². The highest BCUT2D eigenvalue weighted by molar-refractivity contribution is 6.31. The molecule has 0 aromatic heterocycles. The molecule has 6 heteroatoms. The Balaban J connectivity index is 1.50. The molecule has 0 spiro atoms. The highest BCUT2D eigenvalue weighted by Gasteiger charge is 2.31. The number of rotatable bonds is 7. The SMILES string of the molecule is COc1cc(Cl)c(C)cc1NC(=O)[C@H](C)[NH+]1CC[NH+](C/C=C/c2ccccc2)CC1. The van der Waals surface area contributed by atoms with E-state index < -0.39 is 0 Å². The second kappa shape index (κ2) is 10.6. The van der Waals surface area contributed by atoms with Gasteiger partial charge < -0.3 is 19.9 Å². The minimum atomic E-state index is -0.118. The van der Waals surface area contributed by atoms with Crippen molar-refractivity contribution >= 4 is 29.3 Å². The molecule has 1 heterocycles. The first-order chi connectivity index (χ1) is 14.5. The number of benzene rings is 2. The lowest BCUT2D eigenvalue weighted by Crippen LogP contribution is -3.29. The molecule has 0 radical (unpaired) electrons. The number of ether oxygens (including phenoxy) is 1. The van der Waals surface area contributed by atoms with Gasteiger partial charge in [0.2, 0.25) is 0 Å². The summed E-state index contributed by atoms with van der Waals surface area (Å²) in [6.45, 7) is 9.04. The van der Waals surface area contributed by atoms with Crippen molar-refractivity contribution in [1.82, 2.24) is 0 Å². The zero-order valence-electron chi connectivity index (χ0n) is 18.0. The highest BCUT2D eigenvalue weighted by Crippen LogP contribution is 2.30. The predicted octanol–water partition coefficient (Wildman–Crippen LogP) is 1.48. The highest BCUT2D eigenvalue weighted by atomic mass is 35.5. The van der Waals surface area contributed by atoms with E-state index in [1.807, 2.05) is 26.0 Å². The van der Waals surface area contributed by atoms with Gasteiger partial charge in [-0.2, -0.15) is 0 Å². The van der Waals surface area contributed by atoms with Crippen LogP contribution < -0.4 is 19.9 Å².